The Labute approximate surface area is 254 Å². The third-order valence-corrected chi connectivity index (χ3v) is 9.44. The number of hydrogen-bond donors (Lipinski definition) is 3. The van der Waals surface area contributed by atoms with Gasteiger partial charge in [0.25, 0.3) is 5.91 Å². The molecule has 0 aliphatic carbocycles. The van der Waals surface area contributed by atoms with Crippen LogP contribution in [0, 0.1) is 6.92 Å². The first-order chi connectivity index (χ1) is 20.7. The van der Waals surface area contributed by atoms with Crippen LogP contribution < -0.4 is 20.7 Å². The summed E-state index contributed by atoms with van der Waals surface area (Å²) in [7, 11) is 0.216. The highest BCUT2D eigenvalue weighted by Crippen LogP contribution is 2.33. The molecule has 1 saturated heterocycles. The SMILES string of the molecule is Cc1cc(NCC(=O)NCCN(C)C)ccc1CCS(=O)(=O)N1CCC2(CC1)N=C(c1cccc(OC(F)(F)F)c1)NC2=O. The largest absolute Gasteiger partial charge is 0.573 e. The van der Waals surface area contributed by atoms with Crippen molar-refractivity contribution in [3.05, 3.63) is 59.2 Å². The van der Waals surface area contributed by atoms with Crippen molar-refractivity contribution >= 4 is 33.4 Å². The van der Waals surface area contributed by atoms with Gasteiger partial charge in [-0.15, -0.1) is 13.2 Å². The molecule has 4 rings (SSSR count). The van der Waals surface area contributed by atoms with Crippen molar-refractivity contribution in [3.63, 3.8) is 0 Å². The molecule has 44 heavy (non-hydrogen) atoms. The van der Waals surface area contributed by atoms with Gasteiger partial charge >= 0.3 is 6.36 Å². The number of aliphatic imine (C=N–C) groups is 1. The molecule has 1 spiro atoms. The maximum atomic E-state index is 13.2. The van der Waals surface area contributed by atoms with E-state index >= 15 is 0 Å². The van der Waals surface area contributed by atoms with E-state index in [4.69, 9.17) is 0 Å². The fourth-order valence-electron chi connectivity index (χ4n) is 5.09. The number of benzene rings is 2. The van der Waals surface area contributed by atoms with Gasteiger partial charge in [-0.3, -0.25) is 14.6 Å². The monoisotopic (exact) mass is 638 g/mol. The van der Waals surface area contributed by atoms with Gasteiger partial charge in [0.05, 0.1) is 12.3 Å². The van der Waals surface area contributed by atoms with Crippen LogP contribution in [0.1, 0.15) is 29.5 Å². The zero-order valence-corrected chi connectivity index (χ0v) is 25.6. The van der Waals surface area contributed by atoms with Gasteiger partial charge in [-0.05, 0) is 75.7 Å². The second-order valence-corrected chi connectivity index (χ2v) is 13.2. The average molecular weight is 639 g/mol. The number of sulfonamides is 1. The van der Waals surface area contributed by atoms with Gasteiger partial charge in [-0.1, -0.05) is 18.2 Å². The van der Waals surface area contributed by atoms with E-state index in [0.717, 1.165) is 35.5 Å². The average Bonchev–Trinajstić information content (AvgIpc) is 3.25. The predicted molar refractivity (Wildman–Crippen MR) is 160 cm³/mol. The minimum absolute atomic E-state index is 0.0855. The summed E-state index contributed by atoms with van der Waals surface area (Å²) in [6, 6.07) is 10.7. The first-order valence-electron chi connectivity index (χ1n) is 14.2. The number of hydrogen-bond acceptors (Lipinski definition) is 8. The third-order valence-electron chi connectivity index (χ3n) is 7.57. The summed E-state index contributed by atoms with van der Waals surface area (Å²) in [5.74, 6) is -0.966. The molecule has 0 aromatic heterocycles. The minimum atomic E-state index is -4.86. The number of amidine groups is 1. The molecule has 2 aliphatic heterocycles. The molecule has 2 aliphatic rings. The molecule has 15 heteroatoms. The lowest BCUT2D eigenvalue weighted by Gasteiger charge is -2.34. The molecule has 2 amide bonds. The highest BCUT2D eigenvalue weighted by Gasteiger charge is 2.47. The molecule has 0 saturated carbocycles. The molecule has 0 bridgehead atoms. The molecule has 2 aromatic carbocycles. The third kappa shape index (κ3) is 8.70. The lowest BCUT2D eigenvalue weighted by molar-refractivity contribution is -0.274. The second kappa shape index (κ2) is 13.5. The van der Waals surface area contributed by atoms with Gasteiger partial charge in [0.15, 0.2) is 0 Å². The van der Waals surface area contributed by atoms with E-state index in [1.807, 2.05) is 44.1 Å². The maximum absolute atomic E-state index is 13.2. The Balaban J connectivity index is 1.30. The standard InChI is InChI=1S/C29H37F3N6O5S/c1-20-17-23(34-19-25(39)33-12-15-37(2)3)8-7-21(20)9-16-44(41,42)38-13-10-28(11-14-38)27(40)35-26(36-28)22-5-4-6-24(18-22)43-29(30,31)32/h4-8,17-18,34H,9-16,19H2,1-3H3,(H,33,39)(H,35,36,40). The number of rotatable bonds is 12. The van der Waals surface area contributed by atoms with Crippen LogP contribution in [0.4, 0.5) is 18.9 Å². The number of amides is 2. The zero-order valence-electron chi connectivity index (χ0n) is 24.8. The van der Waals surface area contributed by atoms with Crippen LogP contribution in [0.15, 0.2) is 47.5 Å². The van der Waals surface area contributed by atoms with Gasteiger partial charge in [0.1, 0.15) is 17.1 Å². The molecule has 11 nitrogen and oxygen atoms in total. The van der Waals surface area contributed by atoms with Crippen LogP contribution >= 0.6 is 0 Å². The smallest absolute Gasteiger partial charge is 0.406 e. The van der Waals surface area contributed by atoms with Gasteiger partial charge in [-0.2, -0.15) is 0 Å². The van der Waals surface area contributed by atoms with Crippen LogP contribution in [-0.2, 0) is 26.0 Å². The van der Waals surface area contributed by atoms with E-state index in [2.05, 4.69) is 25.7 Å². The number of halogens is 3. The van der Waals surface area contributed by atoms with Gasteiger partial charge in [-0.25, -0.2) is 12.7 Å². The topological polar surface area (TPSA) is 132 Å². The molecule has 2 heterocycles. The maximum Gasteiger partial charge on any atom is 0.573 e. The molecule has 0 radical (unpaired) electrons. The van der Waals surface area contributed by atoms with E-state index in [1.165, 1.54) is 16.4 Å². The van der Waals surface area contributed by atoms with Crippen LogP contribution in [0.3, 0.4) is 0 Å². The fourth-order valence-corrected chi connectivity index (χ4v) is 6.56. The van der Waals surface area contributed by atoms with Gasteiger partial charge in [0.2, 0.25) is 15.9 Å². The molecule has 2 aromatic rings. The number of anilines is 1. The molecular weight excluding hydrogens is 601 g/mol. The van der Waals surface area contributed by atoms with Crippen LogP contribution in [0.2, 0.25) is 0 Å². The van der Waals surface area contributed by atoms with Crippen molar-refractivity contribution in [2.75, 3.05) is 57.9 Å². The molecule has 0 atom stereocenters. The summed E-state index contributed by atoms with van der Waals surface area (Å²) in [6.45, 7) is 3.48. The van der Waals surface area contributed by atoms with Crippen LogP contribution in [0.25, 0.3) is 0 Å². The summed E-state index contributed by atoms with van der Waals surface area (Å²) < 4.78 is 69.6. The highest BCUT2D eigenvalue weighted by molar-refractivity contribution is 7.89. The quantitative estimate of drug-likeness (QED) is 0.325. The van der Waals surface area contributed by atoms with Crippen molar-refractivity contribution in [1.29, 1.82) is 0 Å². The highest BCUT2D eigenvalue weighted by atomic mass is 32.2. The predicted octanol–water partition coefficient (Wildman–Crippen LogP) is 2.27. The van der Waals surface area contributed by atoms with E-state index < -0.39 is 33.6 Å². The number of piperidine rings is 1. The summed E-state index contributed by atoms with van der Waals surface area (Å²) in [4.78, 5) is 31.4. The lowest BCUT2D eigenvalue weighted by Crippen LogP contribution is -2.50. The number of nitrogens with zero attached hydrogens (tertiary/aromatic N) is 3. The van der Waals surface area contributed by atoms with E-state index in [-0.39, 0.29) is 55.5 Å². The Morgan fingerprint density at radius 3 is 2.55 bits per heavy atom. The number of aryl methyl sites for hydroxylation is 2. The van der Waals surface area contributed by atoms with Crippen molar-refractivity contribution in [2.24, 2.45) is 4.99 Å². The van der Waals surface area contributed by atoms with E-state index in [9.17, 15) is 31.2 Å². The number of carbonyl (C=O) groups is 2. The lowest BCUT2D eigenvalue weighted by atomic mass is 9.89. The van der Waals surface area contributed by atoms with Crippen LogP contribution in [0.5, 0.6) is 5.75 Å². The molecular formula is C29H37F3N6O5S. The van der Waals surface area contributed by atoms with Crippen molar-refractivity contribution < 1.29 is 35.9 Å². The Morgan fingerprint density at radius 2 is 1.89 bits per heavy atom. The zero-order chi connectivity index (χ0) is 32.1. The number of carbonyl (C=O) groups excluding carboxylic acids is 2. The minimum Gasteiger partial charge on any atom is -0.406 e. The summed E-state index contributed by atoms with van der Waals surface area (Å²) >= 11 is 0. The number of likely N-dealkylation sites (N-methyl/N-ethyl adjacent to an activating group) is 1. The molecule has 240 valence electrons. The number of nitrogens with one attached hydrogen (secondary N) is 3. The normalized spacial score (nSPS) is 17.0. The summed E-state index contributed by atoms with van der Waals surface area (Å²) in [6.07, 6.45) is -4.28. The van der Waals surface area contributed by atoms with E-state index in [0.29, 0.717) is 13.0 Å². The first kappa shape index (κ1) is 33.2. The van der Waals surface area contributed by atoms with Crippen molar-refractivity contribution in [2.45, 2.75) is 38.1 Å². The Morgan fingerprint density at radius 1 is 1.16 bits per heavy atom. The van der Waals surface area contributed by atoms with Crippen LogP contribution in [-0.4, -0.2) is 99.7 Å². The number of ether oxygens (including phenoxy) is 1. The molecule has 3 N–H and O–H groups in total. The first-order valence-corrected chi connectivity index (χ1v) is 15.8. The summed E-state index contributed by atoms with van der Waals surface area (Å²) in [5, 5.41) is 8.55. The second-order valence-electron chi connectivity index (χ2n) is 11.1. The van der Waals surface area contributed by atoms with Gasteiger partial charge in [0, 0.05) is 37.4 Å². The Kier molecular flexibility index (Phi) is 10.2. The van der Waals surface area contributed by atoms with Crippen molar-refractivity contribution in [1.82, 2.24) is 19.8 Å². The fraction of sp³-hybridized carbons (Fsp3) is 0.483. The Bertz CT molecular complexity index is 1510. The van der Waals surface area contributed by atoms with Crippen molar-refractivity contribution in [3.8, 4) is 5.75 Å². The molecule has 0 unspecified atom stereocenters. The number of alkyl halides is 3. The van der Waals surface area contributed by atoms with E-state index in [1.54, 1.807) is 0 Å². The van der Waals surface area contributed by atoms with Gasteiger partial charge < -0.3 is 25.6 Å². The summed E-state index contributed by atoms with van der Waals surface area (Å²) in [5.41, 5.74) is 1.58. The Hall–Kier alpha value is -3.69. The molecule has 1 fully saturated rings.